The highest BCUT2D eigenvalue weighted by Crippen LogP contribution is 2.28. The fraction of sp³-hybridized carbons (Fsp3) is 0.300. The number of nitrogens with zero attached hydrogens (tertiary/aromatic N) is 4. The normalized spacial score (nSPS) is 10.3. The van der Waals surface area contributed by atoms with E-state index in [4.69, 9.17) is 21.6 Å². The zero-order valence-corrected chi connectivity index (χ0v) is 11.1. The van der Waals surface area contributed by atoms with Crippen molar-refractivity contribution in [1.82, 2.24) is 14.8 Å². The van der Waals surface area contributed by atoms with Gasteiger partial charge in [0.2, 0.25) is 0 Å². The highest BCUT2D eigenvalue weighted by molar-refractivity contribution is 7.16. The van der Waals surface area contributed by atoms with Crippen molar-refractivity contribution in [3.8, 4) is 6.07 Å². The average molecular weight is 284 g/mol. The Morgan fingerprint density at radius 1 is 1.67 bits per heavy atom. The van der Waals surface area contributed by atoms with Crippen LogP contribution in [0.5, 0.6) is 0 Å². The molecule has 18 heavy (non-hydrogen) atoms. The molecule has 0 aliphatic rings. The van der Waals surface area contributed by atoms with Crippen LogP contribution in [-0.2, 0) is 11.3 Å². The third kappa shape index (κ3) is 2.98. The van der Waals surface area contributed by atoms with E-state index < -0.39 is 0 Å². The van der Waals surface area contributed by atoms with E-state index in [1.807, 2.05) is 12.3 Å². The summed E-state index contributed by atoms with van der Waals surface area (Å²) >= 11 is 6.99. The van der Waals surface area contributed by atoms with Gasteiger partial charge in [0, 0.05) is 13.3 Å². The van der Waals surface area contributed by atoms with Crippen LogP contribution < -0.4 is 5.32 Å². The van der Waals surface area contributed by atoms with E-state index in [-0.39, 0.29) is 5.15 Å². The molecule has 0 fully saturated rings. The van der Waals surface area contributed by atoms with Gasteiger partial charge in [-0.3, -0.25) is 4.68 Å². The molecule has 8 heteroatoms. The second kappa shape index (κ2) is 5.82. The van der Waals surface area contributed by atoms with Crippen molar-refractivity contribution in [3.05, 3.63) is 22.4 Å². The molecule has 0 saturated heterocycles. The van der Waals surface area contributed by atoms with Crippen LogP contribution in [0.15, 0.2) is 12.4 Å². The van der Waals surface area contributed by atoms with Gasteiger partial charge in [-0.15, -0.1) is 0 Å². The van der Waals surface area contributed by atoms with Gasteiger partial charge in [0.05, 0.1) is 25.0 Å². The minimum atomic E-state index is 0.219. The first-order chi connectivity index (χ1) is 8.72. The Morgan fingerprint density at radius 3 is 3.17 bits per heavy atom. The lowest BCUT2D eigenvalue weighted by Crippen LogP contribution is -2.03. The molecule has 0 radical (unpaired) electrons. The minimum absolute atomic E-state index is 0.219. The van der Waals surface area contributed by atoms with Gasteiger partial charge >= 0.3 is 0 Å². The Kier molecular flexibility index (Phi) is 4.15. The maximum absolute atomic E-state index is 8.78. The first-order valence-electron chi connectivity index (χ1n) is 5.07. The third-order valence-corrected chi connectivity index (χ3v) is 3.36. The monoisotopic (exact) mass is 283 g/mol. The maximum Gasteiger partial charge on any atom is 0.189 e. The topological polar surface area (TPSA) is 75.8 Å². The number of hydrogen-bond acceptors (Lipinski definition) is 6. The van der Waals surface area contributed by atoms with Gasteiger partial charge in [0.15, 0.2) is 10.3 Å². The van der Waals surface area contributed by atoms with E-state index in [9.17, 15) is 0 Å². The van der Waals surface area contributed by atoms with E-state index in [0.29, 0.717) is 23.2 Å². The predicted molar refractivity (Wildman–Crippen MR) is 69.2 cm³/mol. The molecule has 0 saturated carbocycles. The largest absolute Gasteiger partial charge is 0.383 e. The standard InChI is InChI=1S/C10H10ClN5OS/c1-17-3-2-16-6-7(5-13-16)14-10-15-9(11)8(4-12)18-10/h5-6H,2-3H2,1H3,(H,14,15). The molecule has 0 spiro atoms. The summed E-state index contributed by atoms with van der Waals surface area (Å²) < 4.78 is 6.72. The fourth-order valence-electron chi connectivity index (χ4n) is 1.28. The van der Waals surface area contributed by atoms with Gasteiger partial charge in [-0.05, 0) is 0 Å². The zero-order valence-electron chi connectivity index (χ0n) is 9.55. The number of nitriles is 1. The van der Waals surface area contributed by atoms with E-state index in [0.717, 1.165) is 5.69 Å². The molecule has 0 amide bonds. The Morgan fingerprint density at radius 2 is 2.50 bits per heavy atom. The van der Waals surface area contributed by atoms with Gasteiger partial charge in [-0.25, -0.2) is 4.98 Å². The summed E-state index contributed by atoms with van der Waals surface area (Å²) in [6, 6.07) is 1.98. The number of hydrogen-bond donors (Lipinski definition) is 1. The van der Waals surface area contributed by atoms with Crippen molar-refractivity contribution in [2.45, 2.75) is 6.54 Å². The van der Waals surface area contributed by atoms with Crippen LogP contribution in [-0.4, -0.2) is 28.5 Å². The second-order valence-corrected chi connectivity index (χ2v) is 4.72. The SMILES string of the molecule is COCCn1cc(Nc2nc(Cl)c(C#N)s2)cn1. The Bertz CT molecular complexity index is 573. The second-order valence-electron chi connectivity index (χ2n) is 3.36. The van der Waals surface area contributed by atoms with Crippen LogP contribution in [0.25, 0.3) is 0 Å². The van der Waals surface area contributed by atoms with Crippen molar-refractivity contribution in [2.24, 2.45) is 0 Å². The number of thiazole rings is 1. The molecule has 2 aromatic heterocycles. The highest BCUT2D eigenvalue weighted by Gasteiger charge is 2.09. The van der Waals surface area contributed by atoms with E-state index in [1.54, 1.807) is 18.0 Å². The van der Waals surface area contributed by atoms with Crippen LogP contribution in [0, 0.1) is 11.3 Å². The zero-order chi connectivity index (χ0) is 13.0. The van der Waals surface area contributed by atoms with E-state index >= 15 is 0 Å². The van der Waals surface area contributed by atoms with Crippen LogP contribution in [0.2, 0.25) is 5.15 Å². The Balaban J connectivity index is 2.04. The molecule has 0 aliphatic carbocycles. The molecule has 2 heterocycles. The third-order valence-electron chi connectivity index (χ3n) is 2.10. The molecule has 0 bridgehead atoms. The number of anilines is 2. The van der Waals surface area contributed by atoms with Crippen molar-refractivity contribution >= 4 is 33.8 Å². The summed E-state index contributed by atoms with van der Waals surface area (Å²) in [7, 11) is 1.64. The molecule has 2 rings (SSSR count). The summed E-state index contributed by atoms with van der Waals surface area (Å²) in [6.45, 7) is 1.28. The lowest BCUT2D eigenvalue weighted by molar-refractivity contribution is 0.183. The smallest absolute Gasteiger partial charge is 0.189 e. The molecule has 6 nitrogen and oxygen atoms in total. The Labute approximate surface area is 113 Å². The molecule has 0 aromatic carbocycles. The molecule has 1 N–H and O–H groups in total. The molecule has 0 aliphatic heterocycles. The molecular formula is C10H10ClN5OS. The van der Waals surface area contributed by atoms with Gasteiger partial charge in [0.1, 0.15) is 10.9 Å². The lowest BCUT2D eigenvalue weighted by atomic mass is 10.6. The number of rotatable bonds is 5. The Hall–Kier alpha value is -1.62. The molecule has 0 unspecified atom stereocenters. The number of methoxy groups -OCH3 is 1. The van der Waals surface area contributed by atoms with Crippen molar-refractivity contribution in [2.75, 3.05) is 19.0 Å². The number of ether oxygens (including phenoxy) is 1. The van der Waals surface area contributed by atoms with E-state index in [2.05, 4.69) is 15.4 Å². The molecule has 0 atom stereocenters. The molecule has 2 aromatic rings. The maximum atomic E-state index is 8.78. The summed E-state index contributed by atoms with van der Waals surface area (Å²) in [5.41, 5.74) is 0.793. The molecule has 94 valence electrons. The van der Waals surface area contributed by atoms with Crippen LogP contribution in [0.1, 0.15) is 4.88 Å². The number of nitrogens with one attached hydrogen (secondary N) is 1. The van der Waals surface area contributed by atoms with Crippen molar-refractivity contribution < 1.29 is 4.74 Å². The summed E-state index contributed by atoms with van der Waals surface area (Å²) in [4.78, 5) is 4.43. The van der Waals surface area contributed by atoms with Crippen molar-refractivity contribution in [1.29, 1.82) is 5.26 Å². The minimum Gasteiger partial charge on any atom is -0.383 e. The van der Waals surface area contributed by atoms with Gasteiger partial charge in [-0.1, -0.05) is 22.9 Å². The quantitative estimate of drug-likeness (QED) is 0.911. The lowest BCUT2D eigenvalue weighted by Gasteiger charge is -1.99. The van der Waals surface area contributed by atoms with Gasteiger partial charge < -0.3 is 10.1 Å². The summed E-state index contributed by atoms with van der Waals surface area (Å²) in [6.07, 6.45) is 3.51. The number of halogens is 1. The van der Waals surface area contributed by atoms with E-state index in [1.165, 1.54) is 11.3 Å². The first kappa shape index (κ1) is 12.8. The summed E-state index contributed by atoms with van der Waals surface area (Å²) in [5, 5.41) is 16.8. The molecular weight excluding hydrogens is 274 g/mol. The van der Waals surface area contributed by atoms with Crippen LogP contribution >= 0.6 is 22.9 Å². The van der Waals surface area contributed by atoms with Gasteiger partial charge in [0.25, 0.3) is 0 Å². The highest BCUT2D eigenvalue weighted by atomic mass is 35.5. The average Bonchev–Trinajstić information content (AvgIpc) is 2.94. The first-order valence-corrected chi connectivity index (χ1v) is 6.27. The summed E-state index contributed by atoms with van der Waals surface area (Å²) in [5.74, 6) is 0. The number of aromatic nitrogens is 3. The van der Waals surface area contributed by atoms with Crippen molar-refractivity contribution in [3.63, 3.8) is 0 Å². The van der Waals surface area contributed by atoms with Crippen LogP contribution in [0.4, 0.5) is 10.8 Å². The fourth-order valence-corrected chi connectivity index (χ4v) is 2.25. The van der Waals surface area contributed by atoms with Crippen LogP contribution in [0.3, 0.4) is 0 Å². The predicted octanol–water partition coefficient (Wildman–Crippen LogP) is 2.25. The van der Waals surface area contributed by atoms with Gasteiger partial charge in [-0.2, -0.15) is 10.4 Å².